The molecule has 1 fully saturated rings. The van der Waals surface area contributed by atoms with Crippen LogP contribution in [0.2, 0.25) is 0 Å². The molecule has 1 unspecified atom stereocenters. The Morgan fingerprint density at radius 3 is 2.30 bits per heavy atom. The number of hydrogen-bond acceptors (Lipinski definition) is 6. The summed E-state index contributed by atoms with van der Waals surface area (Å²) < 4.78 is 4.75. The highest BCUT2D eigenvalue weighted by atomic mass is 32.2. The number of esters is 1. The maximum absolute atomic E-state index is 13.9. The third-order valence-electron chi connectivity index (χ3n) is 6.69. The lowest BCUT2D eigenvalue weighted by atomic mass is 9.84. The van der Waals surface area contributed by atoms with Crippen molar-refractivity contribution in [3.05, 3.63) is 47.5 Å². The van der Waals surface area contributed by atoms with Crippen LogP contribution >= 0.6 is 11.8 Å². The summed E-state index contributed by atoms with van der Waals surface area (Å²) >= 11 is 1.71. The van der Waals surface area contributed by atoms with Crippen LogP contribution < -0.4 is 10.6 Å². The molecule has 206 valence electrons. The molecular weight excluding hydrogens is 486 g/mol. The number of benzene rings is 1. The van der Waals surface area contributed by atoms with Crippen LogP contribution in [0.25, 0.3) is 0 Å². The van der Waals surface area contributed by atoms with Crippen LogP contribution in [0, 0.1) is 11.3 Å². The second kappa shape index (κ2) is 12.5. The molecule has 1 aromatic carbocycles. The minimum atomic E-state index is -0.749. The Hall–Kier alpha value is -2.32. The number of thioether (sulfide) groups is 1. The van der Waals surface area contributed by atoms with E-state index in [1.807, 2.05) is 52.8 Å². The van der Waals surface area contributed by atoms with Gasteiger partial charge in [0.15, 0.2) is 0 Å². The summed E-state index contributed by atoms with van der Waals surface area (Å²) in [7, 11) is 1.73. The van der Waals surface area contributed by atoms with Crippen LogP contribution in [0.15, 0.2) is 42.0 Å². The third-order valence-corrected chi connectivity index (χ3v) is 8.18. The quantitative estimate of drug-likeness (QED) is 0.355. The fourth-order valence-electron chi connectivity index (χ4n) is 4.49. The maximum atomic E-state index is 13.9. The summed E-state index contributed by atoms with van der Waals surface area (Å²) in [5, 5.41) is 6.54. The van der Waals surface area contributed by atoms with Gasteiger partial charge in [0.1, 0.15) is 12.1 Å². The van der Waals surface area contributed by atoms with E-state index in [4.69, 9.17) is 4.74 Å². The highest BCUT2D eigenvalue weighted by Gasteiger charge is 2.47. The number of nitrogens with one attached hydrogen (secondary N) is 2. The molecule has 1 heterocycles. The Kier molecular flexibility index (Phi) is 10.4. The molecule has 7 nitrogen and oxygen atoms in total. The minimum absolute atomic E-state index is 0.0141. The van der Waals surface area contributed by atoms with Crippen LogP contribution in [-0.2, 0) is 19.1 Å². The molecule has 4 atom stereocenters. The van der Waals surface area contributed by atoms with Gasteiger partial charge in [-0.05, 0) is 44.6 Å². The first-order valence-corrected chi connectivity index (χ1v) is 13.9. The summed E-state index contributed by atoms with van der Waals surface area (Å²) in [6, 6.07) is 8.50. The van der Waals surface area contributed by atoms with E-state index < -0.39 is 23.5 Å². The van der Waals surface area contributed by atoms with Crippen LogP contribution in [-0.4, -0.2) is 59.2 Å². The molecule has 2 rings (SSSR count). The summed E-state index contributed by atoms with van der Waals surface area (Å²) in [5.74, 6) is -0.740. The molecule has 0 bridgehead atoms. The summed E-state index contributed by atoms with van der Waals surface area (Å²) in [4.78, 5) is 41.3. The summed E-state index contributed by atoms with van der Waals surface area (Å²) in [5.41, 5.74) is 1.04. The normalized spacial score (nSPS) is 21.3. The van der Waals surface area contributed by atoms with Gasteiger partial charge in [0.25, 0.3) is 0 Å². The number of carbonyl (C=O) groups is 3. The molecule has 2 N–H and O–H groups in total. The fourth-order valence-corrected chi connectivity index (χ4v) is 5.90. The number of carbonyl (C=O) groups excluding carboxylic acids is 3. The average molecular weight is 532 g/mol. The molecule has 0 radical (unpaired) electrons. The van der Waals surface area contributed by atoms with Crippen molar-refractivity contribution in [2.45, 2.75) is 90.6 Å². The topological polar surface area (TPSA) is 87.7 Å². The van der Waals surface area contributed by atoms with E-state index in [1.54, 1.807) is 43.6 Å². The predicted octanol–water partition coefficient (Wildman–Crippen LogP) is 4.69. The van der Waals surface area contributed by atoms with Crippen molar-refractivity contribution in [1.29, 1.82) is 0 Å². The lowest BCUT2D eigenvalue weighted by Crippen LogP contribution is -2.60. The Labute approximate surface area is 227 Å². The molecule has 0 aromatic heterocycles. The first-order chi connectivity index (χ1) is 17.1. The molecule has 37 heavy (non-hydrogen) atoms. The van der Waals surface area contributed by atoms with Gasteiger partial charge in [-0.15, -0.1) is 11.8 Å². The number of likely N-dealkylation sites (N-methyl/N-ethyl adjacent to an activating group) is 1. The van der Waals surface area contributed by atoms with E-state index in [0.29, 0.717) is 5.57 Å². The molecule has 1 aromatic rings. The summed E-state index contributed by atoms with van der Waals surface area (Å²) in [6.45, 7) is 17.7. The lowest BCUT2D eigenvalue weighted by Gasteiger charge is -2.38. The second-order valence-corrected chi connectivity index (χ2v) is 13.4. The van der Waals surface area contributed by atoms with Gasteiger partial charge in [0, 0.05) is 17.4 Å². The molecule has 0 aliphatic carbocycles. The van der Waals surface area contributed by atoms with E-state index in [-0.39, 0.29) is 40.5 Å². The van der Waals surface area contributed by atoms with Gasteiger partial charge < -0.3 is 15.0 Å². The van der Waals surface area contributed by atoms with Crippen molar-refractivity contribution < 1.29 is 19.1 Å². The third kappa shape index (κ3) is 7.84. The van der Waals surface area contributed by atoms with Crippen molar-refractivity contribution in [2.75, 3.05) is 13.7 Å². The number of hydrogen-bond donors (Lipinski definition) is 2. The Morgan fingerprint density at radius 1 is 1.19 bits per heavy atom. The molecular formula is C29H45N3O4S. The van der Waals surface area contributed by atoms with Gasteiger partial charge in [-0.25, -0.2) is 4.79 Å². The first kappa shape index (κ1) is 30.9. The SMILES string of the molecule is CCOC(=O)/C(C)=C/[C@H](C(C)C)N(C)C(=O)[C@@H](NC(=O)[C@H]1NC(c2ccccc2)SC1(C)C)C(C)(C)C. The monoisotopic (exact) mass is 531 g/mol. The van der Waals surface area contributed by atoms with Crippen LogP contribution in [0.3, 0.4) is 0 Å². The molecule has 1 saturated heterocycles. The van der Waals surface area contributed by atoms with Crippen LogP contribution in [0.1, 0.15) is 73.3 Å². The van der Waals surface area contributed by atoms with E-state index in [9.17, 15) is 14.4 Å². The van der Waals surface area contributed by atoms with Gasteiger partial charge >= 0.3 is 5.97 Å². The Morgan fingerprint density at radius 2 is 1.78 bits per heavy atom. The number of amides is 2. The van der Waals surface area contributed by atoms with E-state index in [2.05, 4.69) is 36.6 Å². The maximum Gasteiger partial charge on any atom is 0.333 e. The van der Waals surface area contributed by atoms with Gasteiger partial charge in [-0.1, -0.05) is 71.0 Å². The predicted molar refractivity (Wildman–Crippen MR) is 151 cm³/mol. The van der Waals surface area contributed by atoms with E-state index >= 15 is 0 Å². The summed E-state index contributed by atoms with van der Waals surface area (Å²) in [6.07, 6.45) is 1.78. The van der Waals surface area contributed by atoms with Crippen LogP contribution in [0.4, 0.5) is 0 Å². The van der Waals surface area contributed by atoms with Crippen molar-refractivity contribution in [2.24, 2.45) is 11.3 Å². The second-order valence-electron chi connectivity index (χ2n) is 11.7. The van der Waals surface area contributed by atoms with Gasteiger partial charge in [-0.2, -0.15) is 0 Å². The largest absolute Gasteiger partial charge is 0.463 e. The standard InChI is InChI=1S/C29H45N3O4S/c1-11-36-27(35)19(4)17-21(18(2)3)32(10)26(34)23(28(5,6)7)30-24(33)22-29(8,9)37-25(31-22)20-15-13-12-14-16-20/h12-18,21-23,25,31H,11H2,1-10H3,(H,30,33)/b19-17+/t21-,22-,23-,25?/m1/s1. The van der Waals surface area contributed by atoms with Gasteiger partial charge in [-0.3, -0.25) is 14.9 Å². The van der Waals surface area contributed by atoms with E-state index in [0.717, 1.165) is 5.56 Å². The zero-order valence-corrected chi connectivity index (χ0v) is 24.9. The lowest BCUT2D eigenvalue weighted by molar-refractivity contribution is -0.141. The van der Waals surface area contributed by atoms with Crippen molar-refractivity contribution >= 4 is 29.5 Å². The molecule has 1 aliphatic heterocycles. The Bertz CT molecular complexity index is 985. The fraction of sp³-hybridized carbons (Fsp3) is 0.621. The number of nitrogens with zero attached hydrogens (tertiary/aromatic N) is 1. The zero-order valence-electron chi connectivity index (χ0n) is 24.0. The molecule has 0 spiro atoms. The van der Waals surface area contributed by atoms with Crippen molar-refractivity contribution in [3.8, 4) is 0 Å². The molecule has 8 heteroatoms. The van der Waals surface area contributed by atoms with Crippen molar-refractivity contribution in [3.63, 3.8) is 0 Å². The molecule has 2 amide bonds. The smallest absolute Gasteiger partial charge is 0.333 e. The molecule has 0 saturated carbocycles. The highest BCUT2D eigenvalue weighted by Crippen LogP contribution is 2.45. The number of ether oxygens (including phenoxy) is 1. The highest BCUT2D eigenvalue weighted by molar-refractivity contribution is 8.01. The Balaban J connectivity index is 2.27. The molecule has 1 aliphatic rings. The van der Waals surface area contributed by atoms with Crippen LogP contribution in [0.5, 0.6) is 0 Å². The zero-order chi connectivity index (χ0) is 28.1. The number of rotatable bonds is 9. The van der Waals surface area contributed by atoms with Gasteiger partial charge in [0.05, 0.1) is 18.0 Å². The van der Waals surface area contributed by atoms with Gasteiger partial charge in [0.2, 0.25) is 11.8 Å². The average Bonchev–Trinajstić information content (AvgIpc) is 3.14. The van der Waals surface area contributed by atoms with Crippen molar-refractivity contribution in [1.82, 2.24) is 15.5 Å². The first-order valence-electron chi connectivity index (χ1n) is 13.0. The minimum Gasteiger partial charge on any atom is -0.463 e. The van der Waals surface area contributed by atoms with E-state index in [1.165, 1.54) is 0 Å².